The van der Waals surface area contributed by atoms with Crippen molar-refractivity contribution in [1.29, 1.82) is 0 Å². The molecule has 2 aromatic carbocycles. The first-order chi connectivity index (χ1) is 14.3. The molecule has 0 atom stereocenters. The van der Waals surface area contributed by atoms with Crippen LogP contribution in [-0.4, -0.2) is 9.78 Å². The fourth-order valence-corrected chi connectivity index (χ4v) is 3.45. The van der Waals surface area contributed by atoms with Gasteiger partial charge >= 0.3 is 11.8 Å². The van der Waals surface area contributed by atoms with E-state index in [4.69, 9.17) is 4.42 Å². The summed E-state index contributed by atoms with van der Waals surface area (Å²) in [6.45, 7) is 4.78. The Morgan fingerprint density at radius 2 is 1.77 bits per heavy atom. The van der Waals surface area contributed by atoms with Crippen molar-refractivity contribution in [2.45, 2.75) is 26.6 Å². The molecular weight excluding hydrogens is 395 g/mol. The molecule has 0 bridgehead atoms. The molecule has 0 amide bonds. The average Bonchev–Trinajstić information content (AvgIpc) is 3.07. The summed E-state index contributed by atoms with van der Waals surface area (Å²) in [4.78, 5) is 11.6. The maximum atomic E-state index is 13.2. The highest BCUT2D eigenvalue weighted by Gasteiger charge is 2.33. The number of benzene rings is 2. The number of aryl methyl sites for hydroxylation is 2. The molecule has 0 radical (unpaired) electrons. The molecule has 2 aromatic heterocycles. The van der Waals surface area contributed by atoms with E-state index >= 15 is 0 Å². The van der Waals surface area contributed by atoms with E-state index in [0.29, 0.717) is 11.8 Å². The van der Waals surface area contributed by atoms with Crippen molar-refractivity contribution in [2.24, 2.45) is 0 Å². The molecule has 0 spiro atoms. The molecule has 4 rings (SSSR count). The van der Waals surface area contributed by atoms with Crippen molar-refractivity contribution in [3.63, 3.8) is 0 Å². The second kappa shape index (κ2) is 7.37. The number of hydrogen-bond acceptors (Lipinski definition) is 4. The number of rotatable bonds is 4. The predicted octanol–water partition coefficient (Wildman–Crippen LogP) is 5.75. The van der Waals surface area contributed by atoms with Crippen molar-refractivity contribution in [3.05, 3.63) is 76.3 Å². The maximum absolute atomic E-state index is 13.2. The monoisotopic (exact) mass is 413 g/mol. The van der Waals surface area contributed by atoms with E-state index in [0.717, 1.165) is 29.1 Å². The molecule has 4 aromatic rings. The Morgan fingerprint density at radius 3 is 2.43 bits per heavy atom. The summed E-state index contributed by atoms with van der Waals surface area (Å²) >= 11 is 0. The van der Waals surface area contributed by atoms with Crippen molar-refractivity contribution >= 4 is 22.3 Å². The lowest BCUT2D eigenvalue weighted by atomic mass is 10.1. The van der Waals surface area contributed by atoms with Gasteiger partial charge in [-0.2, -0.15) is 18.3 Å². The van der Waals surface area contributed by atoms with Crippen LogP contribution in [0.2, 0.25) is 0 Å². The minimum absolute atomic E-state index is 0.126. The van der Waals surface area contributed by atoms with Crippen LogP contribution in [0.25, 0.3) is 22.2 Å². The van der Waals surface area contributed by atoms with Crippen LogP contribution in [0.1, 0.15) is 18.1 Å². The molecular formula is C22H18F3N3O2. The van der Waals surface area contributed by atoms with Crippen molar-refractivity contribution in [1.82, 2.24) is 9.78 Å². The molecule has 5 nitrogen and oxygen atoms in total. The van der Waals surface area contributed by atoms with Gasteiger partial charge in [-0.3, -0.25) is 4.68 Å². The summed E-state index contributed by atoms with van der Waals surface area (Å²) in [5.41, 5.74) is 2.20. The lowest BCUT2D eigenvalue weighted by Gasteiger charge is -2.12. The zero-order chi connectivity index (χ0) is 21.5. The molecule has 0 aliphatic carbocycles. The fraction of sp³-hybridized carbons (Fsp3) is 0.182. The second-order valence-electron chi connectivity index (χ2n) is 6.88. The number of nitrogens with zero attached hydrogens (tertiary/aromatic N) is 2. The van der Waals surface area contributed by atoms with E-state index in [1.807, 2.05) is 49.0 Å². The zero-order valence-corrected chi connectivity index (χ0v) is 16.2. The molecule has 1 N–H and O–H groups in total. The first-order valence-electron chi connectivity index (χ1n) is 9.31. The average molecular weight is 413 g/mol. The van der Waals surface area contributed by atoms with E-state index < -0.39 is 17.4 Å². The zero-order valence-electron chi connectivity index (χ0n) is 16.2. The summed E-state index contributed by atoms with van der Waals surface area (Å²) in [5.74, 6) is 0. The van der Waals surface area contributed by atoms with Gasteiger partial charge in [0.25, 0.3) is 0 Å². The number of nitrogens with one attached hydrogen (secondary N) is 1. The third-order valence-electron chi connectivity index (χ3n) is 4.82. The van der Waals surface area contributed by atoms with Gasteiger partial charge in [-0.05, 0) is 43.7 Å². The minimum Gasteiger partial charge on any atom is -0.423 e. The number of hydrogen-bond donors (Lipinski definition) is 1. The van der Waals surface area contributed by atoms with Gasteiger partial charge in [0.2, 0.25) is 0 Å². The van der Waals surface area contributed by atoms with E-state index in [1.54, 1.807) is 0 Å². The van der Waals surface area contributed by atoms with E-state index in [-0.39, 0.29) is 11.0 Å². The first kappa shape index (κ1) is 19.8. The van der Waals surface area contributed by atoms with Crippen LogP contribution in [-0.2, 0) is 12.7 Å². The highest BCUT2D eigenvalue weighted by molar-refractivity contribution is 5.85. The third kappa shape index (κ3) is 3.68. The fourth-order valence-electron chi connectivity index (χ4n) is 3.45. The molecule has 154 valence electrons. The van der Waals surface area contributed by atoms with E-state index in [1.165, 1.54) is 18.2 Å². The van der Waals surface area contributed by atoms with Crippen LogP contribution < -0.4 is 10.9 Å². The lowest BCUT2D eigenvalue weighted by Crippen LogP contribution is -2.11. The number of aromatic nitrogens is 2. The van der Waals surface area contributed by atoms with Gasteiger partial charge < -0.3 is 9.73 Å². The molecule has 0 saturated heterocycles. The molecule has 0 saturated carbocycles. The Morgan fingerprint density at radius 1 is 1.07 bits per heavy atom. The maximum Gasteiger partial charge on any atom is 0.417 e. The summed E-state index contributed by atoms with van der Waals surface area (Å²) in [5, 5.41) is 7.31. The SMILES string of the molecule is CCn1ncc(C)c1-c1ccc(Nc2ccc3c(C(F)(F)F)cc(=O)oc3c2)cc1. The summed E-state index contributed by atoms with van der Waals surface area (Å²) in [7, 11) is 0. The van der Waals surface area contributed by atoms with Gasteiger partial charge in [-0.15, -0.1) is 0 Å². The summed E-state index contributed by atoms with van der Waals surface area (Å²) in [6, 6.07) is 12.3. The first-order valence-corrected chi connectivity index (χ1v) is 9.31. The Hall–Kier alpha value is -3.55. The quantitative estimate of drug-likeness (QED) is 0.433. The molecule has 2 heterocycles. The smallest absolute Gasteiger partial charge is 0.417 e. The largest absolute Gasteiger partial charge is 0.423 e. The highest BCUT2D eigenvalue weighted by atomic mass is 19.4. The van der Waals surface area contributed by atoms with Crippen LogP contribution in [0.5, 0.6) is 0 Å². The highest BCUT2D eigenvalue weighted by Crippen LogP contribution is 2.35. The van der Waals surface area contributed by atoms with Crippen LogP contribution in [0.4, 0.5) is 24.5 Å². The van der Waals surface area contributed by atoms with Gasteiger partial charge in [0.1, 0.15) is 5.58 Å². The molecule has 30 heavy (non-hydrogen) atoms. The van der Waals surface area contributed by atoms with Crippen LogP contribution >= 0.6 is 0 Å². The third-order valence-corrected chi connectivity index (χ3v) is 4.82. The Balaban J connectivity index is 1.65. The van der Waals surface area contributed by atoms with Gasteiger partial charge in [0.15, 0.2) is 0 Å². The van der Waals surface area contributed by atoms with Gasteiger partial charge in [0, 0.05) is 41.0 Å². The topological polar surface area (TPSA) is 60.1 Å². The molecule has 0 aliphatic heterocycles. The number of halogens is 3. The molecule has 8 heteroatoms. The number of fused-ring (bicyclic) bond motifs is 1. The molecule has 0 aliphatic rings. The number of anilines is 2. The Bertz CT molecular complexity index is 1270. The van der Waals surface area contributed by atoms with Crippen LogP contribution in [0.15, 0.2) is 63.9 Å². The summed E-state index contributed by atoms with van der Waals surface area (Å²) in [6.07, 6.45) is -2.81. The van der Waals surface area contributed by atoms with Crippen LogP contribution in [0.3, 0.4) is 0 Å². The van der Waals surface area contributed by atoms with Crippen molar-refractivity contribution < 1.29 is 17.6 Å². The number of alkyl halides is 3. The normalized spacial score (nSPS) is 11.8. The Labute approximate surface area is 169 Å². The van der Waals surface area contributed by atoms with Crippen molar-refractivity contribution in [3.8, 4) is 11.3 Å². The van der Waals surface area contributed by atoms with E-state index in [2.05, 4.69) is 10.4 Å². The van der Waals surface area contributed by atoms with Crippen LogP contribution in [0, 0.1) is 6.92 Å². The molecule has 0 unspecified atom stereocenters. The standard InChI is InChI=1S/C22H18F3N3O2/c1-3-28-21(13(2)12-26-28)14-4-6-15(7-5-14)27-16-8-9-17-18(22(23,24)25)11-20(29)30-19(17)10-16/h4-12,27H,3H2,1-2H3. The minimum atomic E-state index is -4.64. The van der Waals surface area contributed by atoms with Crippen molar-refractivity contribution in [2.75, 3.05) is 5.32 Å². The van der Waals surface area contributed by atoms with Gasteiger partial charge in [-0.25, -0.2) is 4.79 Å². The predicted molar refractivity (Wildman–Crippen MR) is 109 cm³/mol. The van der Waals surface area contributed by atoms with Gasteiger partial charge in [-0.1, -0.05) is 12.1 Å². The van der Waals surface area contributed by atoms with Gasteiger partial charge in [0.05, 0.1) is 17.5 Å². The van der Waals surface area contributed by atoms with E-state index in [9.17, 15) is 18.0 Å². The second-order valence-corrected chi connectivity index (χ2v) is 6.88. The summed E-state index contributed by atoms with van der Waals surface area (Å²) < 4.78 is 46.4. The molecule has 0 fully saturated rings. The Kier molecular flexibility index (Phi) is 4.85. The lowest BCUT2D eigenvalue weighted by molar-refractivity contribution is -0.136.